The summed E-state index contributed by atoms with van der Waals surface area (Å²) >= 11 is 0. The summed E-state index contributed by atoms with van der Waals surface area (Å²) in [6.45, 7) is 7.81. The van der Waals surface area contributed by atoms with E-state index in [-0.39, 0.29) is 16.7 Å². The molecule has 0 aliphatic rings. The highest BCUT2D eigenvalue weighted by Crippen LogP contribution is 2.38. The van der Waals surface area contributed by atoms with Gasteiger partial charge >= 0.3 is 6.18 Å². The number of benzene rings is 1. The number of halogens is 3. The molecule has 1 aromatic heterocycles. The SMILES string of the molecule is C=Nn1ccc(-c2c(C)cc(C(F)(F)F)cc2O)nc1=NCCN(C)CCNC.CN(C)C=O. The highest BCUT2D eigenvalue weighted by Gasteiger charge is 2.32. The standard InChI is InChI=1S/C19H25F3N6O.C3H7NO/c1-13-11-14(19(20,21)22)12-16(29)17(13)15-5-8-28(24-3)18(26-15)25-7-10-27(4)9-6-23-2;1-4(2)3-5/h5,8,11-12,23,29H,3,6-7,9-10H2,1-2,4H3;3H,1-2H3. The fourth-order valence-electron chi connectivity index (χ4n) is 2.76. The topological polar surface area (TPSA) is 98.3 Å². The molecule has 0 radical (unpaired) electrons. The predicted octanol–water partition coefficient (Wildman–Crippen LogP) is 1.80. The molecule has 0 aliphatic carbocycles. The van der Waals surface area contributed by atoms with Crippen LogP contribution in [0.2, 0.25) is 0 Å². The smallest absolute Gasteiger partial charge is 0.416 e. The molecule has 1 aromatic carbocycles. The number of amides is 1. The van der Waals surface area contributed by atoms with Crippen molar-refractivity contribution in [3.05, 3.63) is 41.1 Å². The minimum Gasteiger partial charge on any atom is -0.507 e. The van der Waals surface area contributed by atoms with E-state index in [2.05, 4.69) is 32.0 Å². The first-order valence-corrected chi connectivity index (χ1v) is 10.4. The molecule has 188 valence electrons. The van der Waals surface area contributed by atoms with E-state index >= 15 is 0 Å². The number of aryl methyl sites for hydroxylation is 1. The summed E-state index contributed by atoms with van der Waals surface area (Å²) in [4.78, 5) is 21.8. The number of nitrogens with zero attached hydrogens (tertiary/aromatic N) is 6. The molecule has 2 N–H and O–H groups in total. The molecule has 34 heavy (non-hydrogen) atoms. The molecule has 0 aliphatic heterocycles. The lowest BCUT2D eigenvalue weighted by Gasteiger charge is -2.15. The maximum absolute atomic E-state index is 13.0. The highest BCUT2D eigenvalue weighted by atomic mass is 19.4. The van der Waals surface area contributed by atoms with Crippen LogP contribution in [0.5, 0.6) is 5.75 Å². The van der Waals surface area contributed by atoms with Gasteiger partial charge in [0, 0.05) is 52.2 Å². The molecule has 2 rings (SSSR count). The van der Waals surface area contributed by atoms with Gasteiger partial charge < -0.3 is 20.2 Å². The minimum absolute atomic E-state index is 0.219. The van der Waals surface area contributed by atoms with Crippen LogP contribution in [0.15, 0.2) is 34.5 Å². The molecule has 0 saturated carbocycles. The van der Waals surface area contributed by atoms with E-state index < -0.39 is 17.5 Å². The Morgan fingerprint density at radius 1 is 1.26 bits per heavy atom. The second kappa shape index (κ2) is 13.5. The van der Waals surface area contributed by atoms with Gasteiger partial charge in [-0.2, -0.15) is 18.3 Å². The molecule has 0 unspecified atom stereocenters. The Balaban J connectivity index is 0.00000104. The largest absolute Gasteiger partial charge is 0.507 e. The highest BCUT2D eigenvalue weighted by molar-refractivity contribution is 5.71. The van der Waals surface area contributed by atoms with Crippen molar-refractivity contribution < 1.29 is 23.1 Å². The Hall–Kier alpha value is -3.25. The number of hydrogen-bond acceptors (Lipinski definition) is 7. The van der Waals surface area contributed by atoms with E-state index in [0.717, 1.165) is 25.6 Å². The van der Waals surface area contributed by atoms with Gasteiger partial charge in [0.05, 0.1) is 17.8 Å². The maximum Gasteiger partial charge on any atom is 0.416 e. The van der Waals surface area contributed by atoms with Crippen LogP contribution in [-0.2, 0) is 11.0 Å². The summed E-state index contributed by atoms with van der Waals surface area (Å²) in [7, 11) is 7.23. The van der Waals surface area contributed by atoms with Crippen molar-refractivity contribution in [1.29, 1.82) is 0 Å². The van der Waals surface area contributed by atoms with Gasteiger partial charge in [-0.1, -0.05) is 0 Å². The Bertz CT molecular complexity index is 997. The van der Waals surface area contributed by atoms with Crippen LogP contribution in [0.25, 0.3) is 11.3 Å². The number of alkyl halides is 3. The fraction of sp³-hybridized carbons (Fsp3) is 0.455. The van der Waals surface area contributed by atoms with E-state index in [4.69, 9.17) is 0 Å². The first-order valence-electron chi connectivity index (χ1n) is 10.4. The lowest BCUT2D eigenvalue weighted by Crippen LogP contribution is -2.30. The average Bonchev–Trinajstić information content (AvgIpc) is 2.77. The lowest BCUT2D eigenvalue weighted by atomic mass is 10.0. The number of rotatable bonds is 9. The number of carbonyl (C=O) groups excluding carboxylic acids is 1. The van der Waals surface area contributed by atoms with Gasteiger partial charge in [0.25, 0.3) is 0 Å². The third kappa shape index (κ3) is 8.94. The van der Waals surface area contributed by atoms with E-state index in [1.807, 2.05) is 14.1 Å². The second-order valence-electron chi connectivity index (χ2n) is 7.64. The number of hydrogen-bond donors (Lipinski definition) is 2. The van der Waals surface area contributed by atoms with Crippen molar-refractivity contribution in [3.8, 4) is 17.0 Å². The van der Waals surface area contributed by atoms with Crippen molar-refractivity contribution in [1.82, 2.24) is 24.8 Å². The predicted molar refractivity (Wildman–Crippen MR) is 126 cm³/mol. The summed E-state index contributed by atoms with van der Waals surface area (Å²) in [5.41, 5.74) is 0.113. The number of phenolic OH excluding ortho intramolecular Hbond substituents is 1. The quantitative estimate of drug-likeness (QED) is 0.419. The zero-order valence-corrected chi connectivity index (χ0v) is 20.1. The van der Waals surface area contributed by atoms with Gasteiger partial charge in [0.15, 0.2) is 0 Å². The molecule has 9 nitrogen and oxygen atoms in total. The normalized spacial score (nSPS) is 11.7. The van der Waals surface area contributed by atoms with Gasteiger partial charge in [-0.3, -0.25) is 4.79 Å². The van der Waals surface area contributed by atoms with Crippen LogP contribution in [0.4, 0.5) is 13.2 Å². The molecule has 0 bridgehead atoms. The Labute approximate surface area is 197 Å². The number of aromatic hydroxyl groups is 1. The van der Waals surface area contributed by atoms with Crippen molar-refractivity contribution in [2.75, 3.05) is 54.4 Å². The number of phenols is 1. The summed E-state index contributed by atoms with van der Waals surface area (Å²) in [5.74, 6) is -0.494. The Kier molecular flexibility index (Phi) is 11.4. The monoisotopic (exact) mass is 483 g/mol. The first-order chi connectivity index (χ1) is 15.9. The molecule has 2 aromatic rings. The van der Waals surface area contributed by atoms with Crippen LogP contribution in [0.3, 0.4) is 0 Å². The summed E-state index contributed by atoms with van der Waals surface area (Å²) in [6.07, 6.45) is -2.24. The molecule has 0 spiro atoms. The van der Waals surface area contributed by atoms with E-state index in [1.54, 1.807) is 26.4 Å². The molecule has 0 fully saturated rings. The third-order valence-electron chi connectivity index (χ3n) is 4.54. The van der Waals surface area contributed by atoms with Gasteiger partial charge in [-0.15, -0.1) is 0 Å². The summed E-state index contributed by atoms with van der Waals surface area (Å²) in [6, 6.07) is 3.23. The van der Waals surface area contributed by atoms with Crippen LogP contribution in [0.1, 0.15) is 11.1 Å². The van der Waals surface area contributed by atoms with Crippen molar-refractivity contribution in [3.63, 3.8) is 0 Å². The van der Waals surface area contributed by atoms with Crippen LogP contribution < -0.4 is 10.9 Å². The van der Waals surface area contributed by atoms with Crippen LogP contribution in [-0.4, -0.2) is 92.1 Å². The molecular weight excluding hydrogens is 451 g/mol. The average molecular weight is 484 g/mol. The Morgan fingerprint density at radius 2 is 1.91 bits per heavy atom. The zero-order valence-electron chi connectivity index (χ0n) is 20.1. The zero-order chi connectivity index (χ0) is 25.9. The molecule has 1 heterocycles. The molecular formula is C22H32F3N7O2. The summed E-state index contributed by atoms with van der Waals surface area (Å²) in [5, 5.41) is 17.1. The van der Waals surface area contributed by atoms with Crippen LogP contribution in [0, 0.1) is 6.92 Å². The van der Waals surface area contributed by atoms with Crippen molar-refractivity contribution in [2.45, 2.75) is 13.1 Å². The molecule has 1 amide bonds. The summed E-state index contributed by atoms with van der Waals surface area (Å²) < 4.78 is 40.2. The van der Waals surface area contributed by atoms with Gasteiger partial charge in [-0.05, 0) is 44.8 Å². The van der Waals surface area contributed by atoms with Crippen molar-refractivity contribution in [2.24, 2.45) is 10.1 Å². The van der Waals surface area contributed by atoms with Gasteiger partial charge in [-0.25, -0.2) is 14.7 Å². The third-order valence-corrected chi connectivity index (χ3v) is 4.54. The van der Waals surface area contributed by atoms with E-state index in [9.17, 15) is 23.1 Å². The fourth-order valence-corrected chi connectivity index (χ4v) is 2.76. The van der Waals surface area contributed by atoms with E-state index in [1.165, 1.54) is 16.5 Å². The number of nitrogens with one attached hydrogen (secondary N) is 1. The molecule has 12 heteroatoms. The number of likely N-dealkylation sites (N-methyl/N-ethyl adjacent to an activating group) is 2. The number of aromatic nitrogens is 2. The minimum atomic E-state index is -4.54. The second-order valence-corrected chi connectivity index (χ2v) is 7.64. The Morgan fingerprint density at radius 3 is 2.41 bits per heavy atom. The lowest BCUT2D eigenvalue weighted by molar-refractivity contribution is -0.137. The van der Waals surface area contributed by atoms with E-state index in [0.29, 0.717) is 24.8 Å². The maximum atomic E-state index is 13.0. The first kappa shape index (κ1) is 28.8. The number of carbonyl (C=O) groups is 1. The van der Waals surface area contributed by atoms with Crippen molar-refractivity contribution >= 4 is 13.1 Å². The van der Waals surface area contributed by atoms with Gasteiger partial charge in [0.2, 0.25) is 12.0 Å². The molecule has 0 atom stereocenters. The molecule has 0 saturated heterocycles. The van der Waals surface area contributed by atoms with Crippen LogP contribution >= 0.6 is 0 Å². The van der Waals surface area contributed by atoms with Gasteiger partial charge in [0.1, 0.15) is 5.75 Å².